The molecule has 8 nitrogen and oxygen atoms in total. The summed E-state index contributed by atoms with van der Waals surface area (Å²) in [6.45, 7) is 2.82. The van der Waals surface area contributed by atoms with Crippen molar-refractivity contribution in [3.05, 3.63) is 30.4 Å². The Bertz CT molecular complexity index is 906. The number of anilines is 2. The van der Waals surface area contributed by atoms with Crippen molar-refractivity contribution in [3.8, 4) is 0 Å². The number of sulfonamides is 1. The third-order valence-corrected chi connectivity index (χ3v) is 7.94. The third kappa shape index (κ3) is 5.46. The largest absolute Gasteiger partial charge is 0.381 e. The Balaban J connectivity index is 1.56. The molecule has 9 heteroatoms. The van der Waals surface area contributed by atoms with Gasteiger partial charge in [0, 0.05) is 32.2 Å². The van der Waals surface area contributed by atoms with Crippen molar-refractivity contribution in [1.82, 2.24) is 4.31 Å². The van der Waals surface area contributed by atoms with E-state index < -0.39 is 10.0 Å². The lowest BCUT2D eigenvalue weighted by molar-refractivity contribution is -0.120. The van der Waals surface area contributed by atoms with E-state index in [4.69, 9.17) is 9.47 Å². The summed E-state index contributed by atoms with van der Waals surface area (Å²) >= 11 is 0. The summed E-state index contributed by atoms with van der Waals surface area (Å²) in [5, 5.41) is 6.33. The number of ether oxygens (including phenoxy) is 2. The molecule has 1 aliphatic carbocycles. The first-order valence-electron chi connectivity index (χ1n) is 11.1. The molecule has 2 heterocycles. The highest BCUT2D eigenvalue weighted by molar-refractivity contribution is 7.89. The van der Waals surface area contributed by atoms with Crippen LogP contribution < -0.4 is 10.6 Å². The van der Waals surface area contributed by atoms with Gasteiger partial charge in [-0.05, 0) is 50.3 Å². The van der Waals surface area contributed by atoms with E-state index in [2.05, 4.69) is 16.7 Å². The Morgan fingerprint density at radius 2 is 1.94 bits per heavy atom. The monoisotopic (exact) mass is 449 g/mol. The molecule has 0 aromatic heterocycles. The van der Waals surface area contributed by atoms with Crippen molar-refractivity contribution < 1.29 is 22.7 Å². The van der Waals surface area contributed by atoms with E-state index in [1.54, 1.807) is 18.2 Å². The summed E-state index contributed by atoms with van der Waals surface area (Å²) in [5.41, 5.74) is 1.20. The molecule has 2 atom stereocenters. The van der Waals surface area contributed by atoms with E-state index in [0.717, 1.165) is 32.3 Å². The Labute approximate surface area is 184 Å². The van der Waals surface area contributed by atoms with Crippen LogP contribution in [0.3, 0.4) is 0 Å². The molecule has 0 spiro atoms. The number of nitrogens with one attached hydrogen (secondary N) is 2. The van der Waals surface area contributed by atoms with E-state index in [1.165, 1.54) is 4.31 Å². The average molecular weight is 450 g/mol. The number of hydrogen-bond donors (Lipinski definition) is 2. The zero-order valence-electron chi connectivity index (χ0n) is 17.7. The summed E-state index contributed by atoms with van der Waals surface area (Å²) in [5.74, 6) is -0.180. The topological polar surface area (TPSA) is 97.0 Å². The fourth-order valence-corrected chi connectivity index (χ4v) is 5.61. The molecule has 1 aromatic rings. The number of carbonyl (C=O) groups excluding carboxylic acids is 1. The van der Waals surface area contributed by atoms with Gasteiger partial charge in [-0.1, -0.05) is 12.2 Å². The molecule has 4 rings (SSSR count). The zero-order valence-corrected chi connectivity index (χ0v) is 18.5. The van der Waals surface area contributed by atoms with Crippen molar-refractivity contribution in [2.24, 2.45) is 5.92 Å². The predicted octanol–water partition coefficient (Wildman–Crippen LogP) is 2.59. The van der Waals surface area contributed by atoms with Gasteiger partial charge in [-0.15, -0.1) is 0 Å². The highest BCUT2D eigenvalue weighted by Crippen LogP contribution is 2.30. The van der Waals surface area contributed by atoms with Gasteiger partial charge in [-0.2, -0.15) is 4.31 Å². The predicted molar refractivity (Wildman–Crippen MR) is 119 cm³/mol. The maximum atomic E-state index is 13.1. The van der Waals surface area contributed by atoms with Crippen molar-refractivity contribution in [3.63, 3.8) is 0 Å². The minimum Gasteiger partial charge on any atom is -0.381 e. The van der Waals surface area contributed by atoms with Gasteiger partial charge in [0.15, 0.2) is 0 Å². The van der Waals surface area contributed by atoms with Crippen molar-refractivity contribution >= 4 is 27.3 Å². The molecular formula is C22H31N3O5S. The smallest absolute Gasteiger partial charge is 0.243 e. The minimum absolute atomic E-state index is 0.0783. The highest BCUT2D eigenvalue weighted by atomic mass is 32.2. The first-order valence-corrected chi connectivity index (χ1v) is 12.5. The molecule has 2 aliphatic heterocycles. The fraction of sp³-hybridized carbons (Fsp3) is 0.591. The van der Waals surface area contributed by atoms with E-state index in [0.29, 0.717) is 50.6 Å². The summed E-state index contributed by atoms with van der Waals surface area (Å²) < 4.78 is 38.6. The molecule has 0 radical (unpaired) electrons. The van der Waals surface area contributed by atoms with Crippen molar-refractivity contribution in [2.75, 3.05) is 50.1 Å². The molecule has 2 N–H and O–H groups in total. The number of morpholine rings is 1. The van der Waals surface area contributed by atoms with E-state index >= 15 is 0 Å². The lowest BCUT2D eigenvalue weighted by atomic mass is 9.93. The van der Waals surface area contributed by atoms with Gasteiger partial charge < -0.3 is 20.1 Å². The van der Waals surface area contributed by atoms with Crippen LogP contribution in [-0.2, 0) is 24.3 Å². The average Bonchev–Trinajstić information content (AvgIpc) is 3.33. The molecule has 0 saturated carbocycles. The number of rotatable bonds is 7. The Kier molecular flexibility index (Phi) is 7.27. The number of amides is 1. The van der Waals surface area contributed by atoms with Gasteiger partial charge in [-0.3, -0.25) is 4.79 Å². The first-order chi connectivity index (χ1) is 15.0. The molecule has 2 fully saturated rings. The van der Waals surface area contributed by atoms with Crippen molar-refractivity contribution in [2.45, 2.75) is 43.1 Å². The molecule has 31 heavy (non-hydrogen) atoms. The van der Waals surface area contributed by atoms with Crippen LogP contribution in [-0.4, -0.2) is 64.2 Å². The van der Waals surface area contributed by atoms with Crippen LogP contribution in [0.2, 0.25) is 0 Å². The molecule has 2 saturated heterocycles. The molecule has 1 aromatic carbocycles. The number of nitrogens with zero attached hydrogens (tertiary/aromatic N) is 1. The van der Waals surface area contributed by atoms with Crippen LogP contribution in [0.5, 0.6) is 0 Å². The number of carbonyl (C=O) groups is 1. The highest BCUT2D eigenvalue weighted by Gasteiger charge is 2.28. The second kappa shape index (κ2) is 10.1. The number of hydrogen-bond acceptors (Lipinski definition) is 6. The number of benzene rings is 1. The standard InChI is InChI=1S/C22H31N3O5S/c26-22(17-5-2-1-3-6-17)24-21-15-19(31(27,28)25-10-13-29-14-11-25)8-9-20(21)23-16-18-7-4-12-30-18/h1-2,8-9,15,17-18,23H,3-7,10-14,16H2,(H,24,26). The van der Waals surface area contributed by atoms with Crippen LogP contribution in [0, 0.1) is 5.92 Å². The van der Waals surface area contributed by atoms with Crippen molar-refractivity contribution in [1.29, 1.82) is 0 Å². The van der Waals surface area contributed by atoms with Crippen LogP contribution in [0.25, 0.3) is 0 Å². The second-order valence-electron chi connectivity index (χ2n) is 8.21. The van der Waals surface area contributed by atoms with Crippen LogP contribution in [0.1, 0.15) is 32.1 Å². The van der Waals surface area contributed by atoms with Gasteiger partial charge in [-0.25, -0.2) is 8.42 Å². The van der Waals surface area contributed by atoms with E-state index in [1.807, 2.05) is 6.08 Å². The Hall–Kier alpha value is -1.94. The van der Waals surface area contributed by atoms with E-state index in [9.17, 15) is 13.2 Å². The summed E-state index contributed by atoms with van der Waals surface area (Å²) in [6.07, 6.45) is 8.67. The van der Waals surface area contributed by atoms with Crippen LogP contribution in [0.15, 0.2) is 35.2 Å². The second-order valence-corrected chi connectivity index (χ2v) is 10.1. The molecule has 1 amide bonds. The summed E-state index contributed by atoms with van der Waals surface area (Å²) in [6, 6.07) is 4.90. The maximum absolute atomic E-state index is 13.1. The molecule has 2 unspecified atom stereocenters. The molecular weight excluding hydrogens is 418 g/mol. The van der Waals surface area contributed by atoms with Gasteiger partial charge >= 0.3 is 0 Å². The van der Waals surface area contributed by atoms with Gasteiger partial charge in [0.2, 0.25) is 15.9 Å². The lowest BCUT2D eigenvalue weighted by Gasteiger charge is -2.26. The Morgan fingerprint density at radius 3 is 2.65 bits per heavy atom. The fourth-order valence-electron chi connectivity index (χ4n) is 4.17. The summed E-state index contributed by atoms with van der Waals surface area (Å²) in [4.78, 5) is 13.0. The van der Waals surface area contributed by atoms with Crippen LogP contribution >= 0.6 is 0 Å². The van der Waals surface area contributed by atoms with Gasteiger partial charge in [0.25, 0.3) is 0 Å². The lowest BCUT2D eigenvalue weighted by Crippen LogP contribution is -2.40. The molecule has 170 valence electrons. The summed E-state index contributed by atoms with van der Waals surface area (Å²) in [7, 11) is -3.65. The zero-order chi connectivity index (χ0) is 21.7. The van der Waals surface area contributed by atoms with Gasteiger partial charge in [0.05, 0.1) is 35.6 Å². The molecule has 0 bridgehead atoms. The third-order valence-electron chi connectivity index (χ3n) is 6.04. The molecule has 3 aliphatic rings. The van der Waals surface area contributed by atoms with Crippen LogP contribution in [0.4, 0.5) is 11.4 Å². The van der Waals surface area contributed by atoms with Gasteiger partial charge in [0.1, 0.15) is 0 Å². The normalized spacial score (nSPS) is 24.8. The van der Waals surface area contributed by atoms with E-state index in [-0.39, 0.29) is 22.8 Å². The minimum atomic E-state index is -3.65. The SMILES string of the molecule is O=C(Nc1cc(S(=O)(=O)N2CCOCC2)ccc1NCC1CCCO1)C1CC=CCC1. The number of allylic oxidation sites excluding steroid dienone is 2. The maximum Gasteiger partial charge on any atom is 0.243 e. The first kappa shape index (κ1) is 22.3. The Morgan fingerprint density at radius 1 is 1.10 bits per heavy atom. The quantitative estimate of drug-likeness (QED) is 0.621.